The van der Waals surface area contributed by atoms with Crippen LogP contribution in [0, 0.1) is 17.2 Å². The fourth-order valence-corrected chi connectivity index (χ4v) is 9.05. The van der Waals surface area contributed by atoms with Gasteiger partial charge in [0.25, 0.3) is 5.91 Å². The van der Waals surface area contributed by atoms with Crippen LogP contribution in [-0.2, 0) is 53.9 Å². The summed E-state index contributed by atoms with van der Waals surface area (Å²) in [6.45, 7) is 5.18. The fraction of sp³-hybridized carbons (Fsp3) is 0.618. The molecule has 3 aliphatic heterocycles. The molecule has 3 amide bonds. The summed E-state index contributed by atoms with van der Waals surface area (Å²) in [5.74, 6) is -2.40. The molecule has 10 atom stereocenters. The molecule has 0 aliphatic carbocycles. The van der Waals surface area contributed by atoms with Gasteiger partial charge in [0.15, 0.2) is 18.0 Å². The summed E-state index contributed by atoms with van der Waals surface area (Å²) in [7, 11) is -8.49. The van der Waals surface area contributed by atoms with Crippen LogP contribution in [0.5, 0.6) is 0 Å². The lowest BCUT2D eigenvalue weighted by atomic mass is 9.87. The van der Waals surface area contributed by atoms with Gasteiger partial charge >= 0.3 is 16.4 Å². The maximum atomic E-state index is 13.4. The van der Waals surface area contributed by atoms with Gasteiger partial charge in [-0.05, 0) is 18.9 Å². The number of aromatic nitrogens is 5. The predicted octanol–water partition coefficient (Wildman–Crippen LogP) is -3.54. The first-order valence-corrected chi connectivity index (χ1v) is 22.0. The molecule has 0 radical (unpaired) electrons. The zero-order chi connectivity index (χ0) is 45.5. The van der Waals surface area contributed by atoms with Crippen LogP contribution in [0.4, 0.5) is 4.79 Å². The van der Waals surface area contributed by atoms with Crippen LogP contribution >= 0.6 is 0 Å². The molecule has 3 saturated heterocycles. The van der Waals surface area contributed by atoms with Gasteiger partial charge in [-0.25, -0.2) is 32.8 Å². The van der Waals surface area contributed by atoms with E-state index >= 15 is 0 Å². The molecule has 3 fully saturated rings. The van der Waals surface area contributed by atoms with Gasteiger partial charge in [0.2, 0.25) is 15.9 Å². The molecule has 0 aromatic carbocycles. The zero-order valence-electron chi connectivity index (χ0n) is 33.4. The van der Waals surface area contributed by atoms with Crippen LogP contribution < -0.4 is 16.2 Å². The highest BCUT2D eigenvalue weighted by Crippen LogP contribution is 2.36. The van der Waals surface area contributed by atoms with Gasteiger partial charge < -0.3 is 40.0 Å². The molecule has 3 aromatic heterocycles. The van der Waals surface area contributed by atoms with Crippen molar-refractivity contribution in [3.8, 4) is 17.3 Å². The van der Waals surface area contributed by atoms with E-state index in [9.17, 15) is 56.9 Å². The van der Waals surface area contributed by atoms with E-state index in [-0.39, 0.29) is 30.9 Å². The van der Waals surface area contributed by atoms with E-state index in [2.05, 4.69) is 41.5 Å². The number of sulfonamides is 1. The number of ether oxygens (including phenoxy) is 3. The highest BCUT2D eigenvalue weighted by molar-refractivity contribution is 7.89. The Kier molecular flexibility index (Phi) is 13.7. The highest BCUT2D eigenvalue weighted by Gasteiger charge is 2.54. The Morgan fingerprint density at radius 2 is 1.76 bits per heavy atom. The van der Waals surface area contributed by atoms with Crippen LogP contribution in [-0.4, -0.2) is 175 Å². The number of amides is 3. The molecule has 0 spiro atoms. The third kappa shape index (κ3) is 9.43. The number of hydrazine groups is 1. The smallest absolute Gasteiger partial charge is 0.388 e. The predicted molar refractivity (Wildman–Crippen MR) is 206 cm³/mol. The second kappa shape index (κ2) is 18.1. The number of carbonyl (C=O) groups excluding carboxylic acids is 3. The second-order valence-corrected chi connectivity index (χ2v) is 18.6. The molecule has 0 bridgehead atoms. The molecule has 6 rings (SSSR count). The van der Waals surface area contributed by atoms with Gasteiger partial charge in [0, 0.05) is 43.4 Å². The third-order valence-electron chi connectivity index (χ3n) is 10.7. The van der Waals surface area contributed by atoms with Crippen molar-refractivity contribution in [1.82, 2.24) is 44.8 Å². The third-order valence-corrected chi connectivity index (χ3v) is 12.9. The van der Waals surface area contributed by atoms with Gasteiger partial charge in [-0.3, -0.25) is 28.8 Å². The Labute approximate surface area is 353 Å². The van der Waals surface area contributed by atoms with E-state index in [1.54, 1.807) is 20.0 Å². The second-order valence-electron chi connectivity index (χ2n) is 15.3. The SMILES string of the molecule is CCS(=O)(=O)N1CC(CC#N)(n2cc(-c3ncnc4c3ccn4C(=O)NNC(=O)C3OC(OC4C(O)C(COS(=O)(=O)O)OC(C(C)C)C4NC(C)=O)C(O)C(O)C3O)cn2)C1. The van der Waals surface area contributed by atoms with Crippen molar-refractivity contribution in [2.45, 2.75) is 101 Å². The van der Waals surface area contributed by atoms with E-state index in [4.69, 9.17) is 18.8 Å². The molecule has 8 N–H and O–H groups in total. The number of carbonyl (C=O) groups is 3. The average Bonchev–Trinajstić information content (AvgIpc) is 3.87. The minimum Gasteiger partial charge on any atom is -0.388 e. The Bertz CT molecular complexity index is 2420. The van der Waals surface area contributed by atoms with Gasteiger partial charge in [0.1, 0.15) is 48.5 Å². The number of nitriles is 1. The molecular weight excluding hydrogens is 869 g/mol. The van der Waals surface area contributed by atoms with Crippen LogP contribution in [0.15, 0.2) is 31.0 Å². The first-order chi connectivity index (χ1) is 29.1. The van der Waals surface area contributed by atoms with Crippen LogP contribution in [0.1, 0.15) is 34.1 Å². The van der Waals surface area contributed by atoms with E-state index in [0.717, 1.165) is 11.5 Å². The fourth-order valence-electron chi connectivity index (χ4n) is 7.51. The maximum Gasteiger partial charge on any atom is 0.397 e. The zero-order valence-corrected chi connectivity index (χ0v) is 35.1. The molecular formula is C34H46N10O16S2. The number of aliphatic hydroxyl groups is 4. The lowest BCUT2D eigenvalue weighted by Crippen LogP contribution is -2.69. The summed E-state index contributed by atoms with van der Waals surface area (Å²) in [6, 6.07) is 1.40. The summed E-state index contributed by atoms with van der Waals surface area (Å²) >= 11 is 0. The highest BCUT2D eigenvalue weighted by atomic mass is 32.3. The van der Waals surface area contributed by atoms with Crippen molar-refractivity contribution >= 4 is 49.3 Å². The van der Waals surface area contributed by atoms with E-state index in [1.165, 1.54) is 40.7 Å². The quantitative estimate of drug-likeness (QED) is 0.0608. The first-order valence-electron chi connectivity index (χ1n) is 19.0. The van der Waals surface area contributed by atoms with Crippen LogP contribution in [0.2, 0.25) is 0 Å². The van der Waals surface area contributed by atoms with E-state index < -0.39 is 117 Å². The number of nitrogens with one attached hydrogen (secondary N) is 3. The molecule has 26 nitrogen and oxygen atoms in total. The van der Waals surface area contributed by atoms with Crippen molar-refractivity contribution < 1.29 is 74.6 Å². The normalized spacial score (nSPS) is 29.1. The number of nitrogens with zero attached hydrogens (tertiary/aromatic N) is 7. The first kappa shape index (κ1) is 46.7. The van der Waals surface area contributed by atoms with Gasteiger partial charge in [0.05, 0.1) is 48.9 Å². The Morgan fingerprint density at radius 3 is 2.39 bits per heavy atom. The summed E-state index contributed by atoms with van der Waals surface area (Å²) in [5.41, 5.74) is 4.13. The van der Waals surface area contributed by atoms with E-state index in [0.29, 0.717) is 16.6 Å². The van der Waals surface area contributed by atoms with Gasteiger partial charge in [-0.2, -0.15) is 23.1 Å². The number of hydrogen-bond acceptors (Lipinski definition) is 19. The molecule has 340 valence electrons. The van der Waals surface area contributed by atoms with Gasteiger partial charge in [-0.15, -0.1) is 0 Å². The average molecular weight is 915 g/mol. The Hall–Kier alpha value is -4.77. The molecule has 3 aromatic rings. The van der Waals surface area contributed by atoms with Crippen molar-refractivity contribution in [3.05, 3.63) is 31.0 Å². The van der Waals surface area contributed by atoms with Crippen LogP contribution in [0.25, 0.3) is 22.3 Å². The number of rotatable bonds is 13. The van der Waals surface area contributed by atoms with Crippen LogP contribution in [0.3, 0.4) is 0 Å². The molecule has 6 heterocycles. The van der Waals surface area contributed by atoms with Crippen molar-refractivity contribution in [3.63, 3.8) is 0 Å². The molecule has 3 aliphatic rings. The topological polar surface area (TPSA) is 369 Å². The standard InChI is InChI=1S/C34H46N10O16S2/c1-5-61(52,53)42-13-34(14-42,7-8-35)44-11-18(10-38-44)21-19-6-9-43(30(19)37-15-36-21)33(51)41-40-31(50)29-25(48)24(47)26(49)32(60-29)59-28-22(39-17(4)45)27(16(2)3)58-20(23(28)46)12-57-62(54,55)56/h6,9-11,15-16,20,22-29,32,46-49H,5,7,12-14H2,1-4H3,(H,39,45)(H,40,50)(H,41,51)(H,54,55,56). The summed E-state index contributed by atoms with van der Waals surface area (Å²) < 4.78 is 82.0. The summed E-state index contributed by atoms with van der Waals surface area (Å²) in [5, 5.41) is 60.5. The lowest BCUT2D eigenvalue weighted by Gasteiger charge is -2.48. The van der Waals surface area contributed by atoms with Crippen molar-refractivity contribution in [2.75, 3.05) is 25.4 Å². The summed E-state index contributed by atoms with van der Waals surface area (Å²) in [4.78, 5) is 47.5. The Morgan fingerprint density at radius 1 is 1.05 bits per heavy atom. The number of aliphatic hydroxyl groups excluding tert-OH is 4. The minimum atomic E-state index is -5.00. The van der Waals surface area contributed by atoms with Gasteiger partial charge in [-0.1, -0.05) is 13.8 Å². The monoisotopic (exact) mass is 914 g/mol. The number of hydrogen-bond donors (Lipinski definition) is 8. The largest absolute Gasteiger partial charge is 0.397 e. The molecule has 28 heteroatoms. The van der Waals surface area contributed by atoms with Crippen molar-refractivity contribution in [1.29, 1.82) is 5.26 Å². The number of fused-ring (bicyclic) bond motifs is 1. The summed E-state index contributed by atoms with van der Waals surface area (Å²) in [6.07, 6.45) is -10.8. The molecule has 62 heavy (non-hydrogen) atoms. The van der Waals surface area contributed by atoms with Crippen molar-refractivity contribution in [2.24, 2.45) is 5.92 Å². The van der Waals surface area contributed by atoms with E-state index in [1.807, 2.05) is 0 Å². The maximum absolute atomic E-state index is 13.4. The molecule has 10 unspecified atom stereocenters. The molecule has 0 saturated carbocycles. The lowest BCUT2D eigenvalue weighted by molar-refractivity contribution is -0.325. The Balaban J connectivity index is 1.16. The minimum absolute atomic E-state index is 0.0173.